The molecule has 0 aliphatic carbocycles. The standard InChI is InChI=1S/C14H11ClN4O2/c1-21-12-7-11(15)17-14(18-12)19-13(20)9-3-2-4-10-8(9)5-6-16-10/h2-7,16H,1H3,(H,17,18,19,20). The lowest BCUT2D eigenvalue weighted by Gasteiger charge is -2.06. The van der Waals surface area contributed by atoms with Gasteiger partial charge in [-0.3, -0.25) is 10.1 Å². The van der Waals surface area contributed by atoms with Crippen LogP contribution >= 0.6 is 11.6 Å². The smallest absolute Gasteiger partial charge is 0.258 e. The number of carbonyl (C=O) groups excluding carboxylic acids is 1. The molecule has 0 spiro atoms. The largest absolute Gasteiger partial charge is 0.481 e. The minimum Gasteiger partial charge on any atom is -0.481 e. The zero-order valence-corrected chi connectivity index (χ0v) is 11.8. The van der Waals surface area contributed by atoms with Crippen LogP contribution in [-0.2, 0) is 0 Å². The Morgan fingerprint density at radius 1 is 1.33 bits per heavy atom. The third-order valence-electron chi connectivity index (χ3n) is 2.95. The molecule has 3 rings (SSSR count). The van der Waals surface area contributed by atoms with E-state index < -0.39 is 0 Å². The van der Waals surface area contributed by atoms with Gasteiger partial charge in [0.25, 0.3) is 5.91 Å². The highest BCUT2D eigenvalue weighted by molar-refractivity contribution is 6.29. The Balaban J connectivity index is 1.93. The van der Waals surface area contributed by atoms with Crippen molar-refractivity contribution in [2.45, 2.75) is 0 Å². The van der Waals surface area contributed by atoms with Crippen molar-refractivity contribution in [3.8, 4) is 5.88 Å². The van der Waals surface area contributed by atoms with Crippen LogP contribution in [0.4, 0.5) is 5.95 Å². The first kappa shape index (κ1) is 13.4. The molecule has 1 amide bonds. The third kappa shape index (κ3) is 2.66. The SMILES string of the molecule is COc1cc(Cl)nc(NC(=O)c2cccc3[nH]ccc23)n1. The second kappa shape index (κ2) is 5.41. The highest BCUT2D eigenvalue weighted by Gasteiger charge is 2.13. The Kier molecular flexibility index (Phi) is 3.45. The zero-order chi connectivity index (χ0) is 14.8. The Hall–Kier alpha value is -2.60. The van der Waals surface area contributed by atoms with Crippen molar-refractivity contribution >= 4 is 34.4 Å². The number of H-pyrrole nitrogens is 1. The van der Waals surface area contributed by atoms with Gasteiger partial charge in [0.15, 0.2) is 0 Å². The van der Waals surface area contributed by atoms with E-state index in [1.54, 1.807) is 18.3 Å². The molecule has 0 bridgehead atoms. The molecule has 21 heavy (non-hydrogen) atoms. The summed E-state index contributed by atoms with van der Waals surface area (Å²) in [4.78, 5) is 23.4. The average Bonchev–Trinajstić information content (AvgIpc) is 2.94. The van der Waals surface area contributed by atoms with Gasteiger partial charge in [0.2, 0.25) is 11.8 Å². The van der Waals surface area contributed by atoms with Crippen LogP contribution in [0.5, 0.6) is 5.88 Å². The zero-order valence-electron chi connectivity index (χ0n) is 11.1. The number of hydrogen-bond donors (Lipinski definition) is 2. The van der Waals surface area contributed by atoms with Gasteiger partial charge in [-0.05, 0) is 18.2 Å². The van der Waals surface area contributed by atoms with E-state index >= 15 is 0 Å². The number of hydrogen-bond acceptors (Lipinski definition) is 4. The van der Waals surface area contributed by atoms with Gasteiger partial charge < -0.3 is 9.72 Å². The Labute approximate surface area is 125 Å². The van der Waals surface area contributed by atoms with Crippen LogP contribution in [0, 0.1) is 0 Å². The minimum atomic E-state index is -0.315. The van der Waals surface area contributed by atoms with Gasteiger partial charge in [0, 0.05) is 28.7 Å². The van der Waals surface area contributed by atoms with Crippen LogP contribution in [0.15, 0.2) is 36.5 Å². The Morgan fingerprint density at radius 2 is 2.19 bits per heavy atom. The van der Waals surface area contributed by atoms with Crippen molar-refractivity contribution in [3.63, 3.8) is 0 Å². The van der Waals surface area contributed by atoms with Gasteiger partial charge in [0.05, 0.1) is 7.11 Å². The molecule has 2 aromatic heterocycles. The number of benzene rings is 1. The number of aromatic nitrogens is 3. The molecule has 0 unspecified atom stereocenters. The van der Waals surface area contributed by atoms with Gasteiger partial charge in [-0.2, -0.15) is 4.98 Å². The predicted molar refractivity (Wildman–Crippen MR) is 79.8 cm³/mol. The van der Waals surface area contributed by atoms with Crippen molar-refractivity contribution in [2.24, 2.45) is 0 Å². The van der Waals surface area contributed by atoms with Crippen molar-refractivity contribution < 1.29 is 9.53 Å². The van der Waals surface area contributed by atoms with Gasteiger partial charge in [-0.1, -0.05) is 17.7 Å². The molecule has 0 aliphatic heterocycles. The number of amides is 1. The van der Waals surface area contributed by atoms with Crippen molar-refractivity contribution in [1.82, 2.24) is 15.0 Å². The number of methoxy groups -OCH3 is 1. The molecule has 3 aromatic rings. The predicted octanol–water partition coefficient (Wildman–Crippen LogP) is 2.87. The summed E-state index contributed by atoms with van der Waals surface area (Å²) in [6.45, 7) is 0. The van der Waals surface area contributed by atoms with Crippen LogP contribution in [-0.4, -0.2) is 28.0 Å². The maximum atomic E-state index is 12.3. The summed E-state index contributed by atoms with van der Waals surface area (Å²) in [7, 11) is 1.46. The molecule has 0 radical (unpaired) electrons. The molecule has 0 atom stereocenters. The fourth-order valence-electron chi connectivity index (χ4n) is 2.01. The topological polar surface area (TPSA) is 79.9 Å². The van der Waals surface area contributed by atoms with E-state index in [2.05, 4.69) is 20.3 Å². The maximum Gasteiger partial charge on any atom is 0.258 e. The number of nitrogens with zero attached hydrogens (tertiary/aromatic N) is 2. The average molecular weight is 303 g/mol. The summed E-state index contributed by atoms with van der Waals surface area (Å²) in [5.41, 5.74) is 1.41. The van der Waals surface area contributed by atoms with Crippen molar-refractivity contribution in [2.75, 3.05) is 12.4 Å². The number of ether oxygens (including phenoxy) is 1. The summed E-state index contributed by atoms with van der Waals surface area (Å²) in [5, 5.41) is 3.63. The molecule has 2 heterocycles. The molecule has 7 heteroatoms. The second-order valence-corrected chi connectivity index (χ2v) is 4.64. The highest BCUT2D eigenvalue weighted by Crippen LogP contribution is 2.20. The number of halogens is 1. The summed E-state index contributed by atoms with van der Waals surface area (Å²) in [5.74, 6) is 0.0616. The molecule has 0 aliphatic rings. The van der Waals surface area contributed by atoms with Gasteiger partial charge >= 0.3 is 0 Å². The van der Waals surface area contributed by atoms with Gasteiger partial charge in [-0.15, -0.1) is 0 Å². The Bertz CT molecular complexity index is 816. The highest BCUT2D eigenvalue weighted by atomic mass is 35.5. The summed E-state index contributed by atoms with van der Waals surface area (Å²) in [6, 6.07) is 8.72. The number of fused-ring (bicyclic) bond motifs is 1. The molecular formula is C14H11ClN4O2. The minimum absolute atomic E-state index is 0.0943. The van der Waals surface area contributed by atoms with E-state index in [9.17, 15) is 4.79 Å². The number of carbonyl (C=O) groups is 1. The molecule has 0 saturated heterocycles. The van der Waals surface area contributed by atoms with Crippen molar-refractivity contribution in [3.05, 3.63) is 47.2 Å². The molecule has 2 N–H and O–H groups in total. The van der Waals surface area contributed by atoms with Gasteiger partial charge in [-0.25, -0.2) is 4.98 Å². The van der Waals surface area contributed by atoms with E-state index in [0.29, 0.717) is 5.56 Å². The van der Waals surface area contributed by atoms with E-state index in [1.165, 1.54) is 13.2 Å². The Morgan fingerprint density at radius 3 is 3.00 bits per heavy atom. The molecular weight excluding hydrogens is 292 g/mol. The molecule has 0 saturated carbocycles. The number of aromatic amines is 1. The normalized spacial score (nSPS) is 10.6. The fraction of sp³-hybridized carbons (Fsp3) is 0.0714. The first-order valence-corrected chi connectivity index (χ1v) is 6.51. The molecule has 1 aromatic carbocycles. The summed E-state index contributed by atoms with van der Waals surface area (Å²) in [6.07, 6.45) is 1.78. The summed E-state index contributed by atoms with van der Waals surface area (Å²) >= 11 is 5.85. The first-order chi connectivity index (χ1) is 10.2. The van der Waals surface area contributed by atoms with E-state index in [1.807, 2.05) is 12.1 Å². The number of rotatable bonds is 3. The third-order valence-corrected chi connectivity index (χ3v) is 3.14. The number of anilines is 1. The first-order valence-electron chi connectivity index (χ1n) is 6.13. The lowest BCUT2D eigenvalue weighted by molar-refractivity contribution is 0.102. The number of nitrogens with one attached hydrogen (secondary N) is 2. The molecule has 106 valence electrons. The second-order valence-electron chi connectivity index (χ2n) is 4.26. The molecule has 0 fully saturated rings. The summed E-state index contributed by atoms with van der Waals surface area (Å²) < 4.78 is 4.99. The van der Waals surface area contributed by atoms with Crippen molar-refractivity contribution in [1.29, 1.82) is 0 Å². The van der Waals surface area contributed by atoms with E-state index in [4.69, 9.17) is 16.3 Å². The van der Waals surface area contributed by atoms with Gasteiger partial charge in [0.1, 0.15) is 5.15 Å². The lowest BCUT2D eigenvalue weighted by atomic mass is 10.1. The van der Waals surface area contributed by atoms with E-state index in [-0.39, 0.29) is 22.9 Å². The fourth-order valence-corrected chi connectivity index (χ4v) is 2.18. The maximum absolute atomic E-state index is 12.3. The quantitative estimate of drug-likeness (QED) is 0.729. The molecule has 6 nitrogen and oxygen atoms in total. The van der Waals surface area contributed by atoms with Crippen LogP contribution in [0.2, 0.25) is 5.15 Å². The van der Waals surface area contributed by atoms with Crippen LogP contribution in [0.1, 0.15) is 10.4 Å². The lowest BCUT2D eigenvalue weighted by Crippen LogP contribution is -2.14. The monoisotopic (exact) mass is 302 g/mol. The van der Waals surface area contributed by atoms with E-state index in [0.717, 1.165) is 10.9 Å². The van der Waals surface area contributed by atoms with Crippen LogP contribution in [0.3, 0.4) is 0 Å². The van der Waals surface area contributed by atoms with Crippen LogP contribution < -0.4 is 10.1 Å². The van der Waals surface area contributed by atoms with Crippen LogP contribution in [0.25, 0.3) is 10.9 Å².